The van der Waals surface area contributed by atoms with Crippen LogP contribution in [0, 0.1) is 5.92 Å². The standard InChI is InChI=1S/C16H31N3/c1-18(16-4-2-3-5-16)10-11-19-9-8-14(13-19)12-17-15-6-7-15/h14-17H,2-13H2,1H3. The van der Waals surface area contributed by atoms with Crippen molar-refractivity contribution in [2.24, 2.45) is 5.92 Å². The Balaban J connectivity index is 1.29. The number of likely N-dealkylation sites (N-methyl/N-ethyl adjacent to an activating group) is 1. The zero-order chi connectivity index (χ0) is 13.1. The summed E-state index contributed by atoms with van der Waals surface area (Å²) in [5, 5.41) is 3.69. The van der Waals surface area contributed by atoms with E-state index in [9.17, 15) is 0 Å². The summed E-state index contributed by atoms with van der Waals surface area (Å²) in [5.74, 6) is 0.914. The summed E-state index contributed by atoms with van der Waals surface area (Å²) in [4.78, 5) is 5.30. The van der Waals surface area contributed by atoms with Crippen LogP contribution in [0.25, 0.3) is 0 Å². The minimum Gasteiger partial charge on any atom is -0.314 e. The topological polar surface area (TPSA) is 18.5 Å². The smallest absolute Gasteiger partial charge is 0.0109 e. The van der Waals surface area contributed by atoms with Crippen molar-refractivity contribution in [3.8, 4) is 0 Å². The Bertz CT molecular complexity index is 271. The first kappa shape index (κ1) is 13.8. The highest BCUT2D eigenvalue weighted by atomic mass is 15.2. The molecule has 110 valence electrons. The van der Waals surface area contributed by atoms with Crippen LogP contribution in [0.15, 0.2) is 0 Å². The van der Waals surface area contributed by atoms with Crippen molar-refractivity contribution >= 4 is 0 Å². The van der Waals surface area contributed by atoms with E-state index < -0.39 is 0 Å². The van der Waals surface area contributed by atoms with Gasteiger partial charge in [0, 0.05) is 31.7 Å². The van der Waals surface area contributed by atoms with Crippen LogP contribution in [-0.2, 0) is 0 Å². The molecule has 0 aromatic carbocycles. The largest absolute Gasteiger partial charge is 0.314 e. The van der Waals surface area contributed by atoms with Crippen molar-refractivity contribution in [2.45, 2.75) is 57.0 Å². The molecule has 0 aromatic heterocycles. The van der Waals surface area contributed by atoms with Crippen LogP contribution in [0.1, 0.15) is 44.9 Å². The van der Waals surface area contributed by atoms with E-state index in [1.165, 1.54) is 77.7 Å². The molecule has 1 unspecified atom stereocenters. The molecule has 3 rings (SSSR count). The summed E-state index contributed by atoms with van der Waals surface area (Å²) in [7, 11) is 2.33. The summed E-state index contributed by atoms with van der Waals surface area (Å²) >= 11 is 0. The number of likely N-dealkylation sites (tertiary alicyclic amines) is 1. The molecule has 0 aromatic rings. The number of hydrogen-bond acceptors (Lipinski definition) is 3. The molecule has 3 aliphatic rings. The minimum atomic E-state index is 0.877. The fourth-order valence-corrected chi connectivity index (χ4v) is 3.73. The lowest BCUT2D eigenvalue weighted by atomic mass is 10.1. The van der Waals surface area contributed by atoms with Crippen molar-refractivity contribution in [1.82, 2.24) is 15.1 Å². The van der Waals surface area contributed by atoms with Crippen molar-refractivity contribution in [3.05, 3.63) is 0 Å². The van der Waals surface area contributed by atoms with Crippen LogP contribution in [0.2, 0.25) is 0 Å². The lowest BCUT2D eigenvalue weighted by Gasteiger charge is -2.26. The minimum absolute atomic E-state index is 0.877. The number of hydrogen-bond donors (Lipinski definition) is 1. The molecule has 2 saturated carbocycles. The zero-order valence-corrected chi connectivity index (χ0v) is 12.6. The van der Waals surface area contributed by atoms with Gasteiger partial charge in [-0.25, -0.2) is 0 Å². The molecule has 3 nitrogen and oxygen atoms in total. The van der Waals surface area contributed by atoms with Crippen molar-refractivity contribution < 1.29 is 0 Å². The van der Waals surface area contributed by atoms with Gasteiger partial charge in [0.15, 0.2) is 0 Å². The summed E-state index contributed by atoms with van der Waals surface area (Å²) in [6.07, 6.45) is 10.0. The van der Waals surface area contributed by atoms with E-state index in [0.29, 0.717) is 0 Å². The van der Waals surface area contributed by atoms with Gasteiger partial charge in [0.1, 0.15) is 0 Å². The molecule has 0 spiro atoms. The van der Waals surface area contributed by atoms with E-state index in [1.807, 2.05) is 0 Å². The van der Waals surface area contributed by atoms with Crippen LogP contribution >= 0.6 is 0 Å². The number of nitrogens with one attached hydrogen (secondary N) is 1. The molecule has 2 aliphatic carbocycles. The maximum atomic E-state index is 3.69. The second-order valence-corrected chi connectivity index (χ2v) is 7.06. The lowest BCUT2D eigenvalue weighted by molar-refractivity contribution is 0.204. The molecule has 1 heterocycles. The normalized spacial score (nSPS) is 29.7. The Kier molecular flexibility index (Phi) is 4.78. The second-order valence-electron chi connectivity index (χ2n) is 7.06. The number of nitrogens with zero attached hydrogens (tertiary/aromatic N) is 2. The Morgan fingerprint density at radius 1 is 1.11 bits per heavy atom. The van der Waals surface area contributed by atoms with Crippen LogP contribution < -0.4 is 5.32 Å². The average molecular weight is 265 g/mol. The maximum absolute atomic E-state index is 3.69. The van der Waals surface area contributed by atoms with Crippen molar-refractivity contribution in [3.63, 3.8) is 0 Å². The van der Waals surface area contributed by atoms with E-state index in [2.05, 4.69) is 22.2 Å². The molecule has 1 saturated heterocycles. The monoisotopic (exact) mass is 265 g/mol. The van der Waals surface area contributed by atoms with Gasteiger partial charge < -0.3 is 15.1 Å². The first-order valence-corrected chi connectivity index (χ1v) is 8.47. The van der Waals surface area contributed by atoms with Gasteiger partial charge in [0.05, 0.1) is 0 Å². The first-order chi connectivity index (χ1) is 9.31. The van der Waals surface area contributed by atoms with E-state index in [0.717, 1.165) is 18.0 Å². The summed E-state index contributed by atoms with van der Waals surface area (Å²) < 4.78 is 0. The average Bonchev–Trinajstić information content (AvgIpc) is 2.94. The van der Waals surface area contributed by atoms with Gasteiger partial charge in [-0.1, -0.05) is 12.8 Å². The van der Waals surface area contributed by atoms with Gasteiger partial charge in [-0.05, 0) is 58.2 Å². The van der Waals surface area contributed by atoms with E-state index in [4.69, 9.17) is 0 Å². The molecule has 3 fully saturated rings. The quantitative estimate of drug-likeness (QED) is 0.759. The summed E-state index contributed by atoms with van der Waals surface area (Å²) in [6.45, 7) is 6.48. The van der Waals surface area contributed by atoms with Crippen molar-refractivity contribution in [1.29, 1.82) is 0 Å². The molecule has 1 aliphatic heterocycles. The van der Waals surface area contributed by atoms with Crippen LogP contribution in [0.5, 0.6) is 0 Å². The van der Waals surface area contributed by atoms with Gasteiger partial charge >= 0.3 is 0 Å². The molecular formula is C16H31N3. The Hall–Kier alpha value is -0.120. The van der Waals surface area contributed by atoms with E-state index in [1.54, 1.807) is 0 Å². The van der Waals surface area contributed by atoms with Crippen LogP contribution in [0.4, 0.5) is 0 Å². The second kappa shape index (κ2) is 6.55. The first-order valence-electron chi connectivity index (χ1n) is 8.47. The molecule has 3 heteroatoms. The number of rotatable bonds is 7. The fraction of sp³-hybridized carbons (Fsp3) is 1.00. The van der Waals surface area contributed by atoms with Crippen LogP contribution in [-0.4, -0.2) is 61.7 Å². The van der Waals surface area contributed by atoms with E-state index in [-0.39, 0.29) is 0 Å². The molecule has 0 amide bonds. The third-order valence-corrected chi connectivity index (χ3v) is 5.36. The Labute approximate surface area is 118 Å². The highest BCUT2D eigenvalue weighted by Crippen LogP contribution is 2.23. The molecule has 1 N–H and O–H groups in total. The Morgan fingerprint density at radius 2 is 1.89 bits per heavy atom. The van der Waals surface area contributed by atoms with E-state index >= 15 is 0 Å². The SMILES string of the molecule is CN(CCN1CCC(CNC2CC2)C1)C1CCCC1. The molecule has 0 radical (unpaired) electrons. The van der Waals surface area contributed by atoms with Gasteiger partial charge in [0.25, 0.3) is 0 Å². The Morgan fingerprint density at radius 3 is 2.63 bits per heavy atom. The summed E-state index contributed by atoms with van der Waals surface area (Å²) in [5.41, 5.74) is 0. The van der Waals surface area contributed by atoms with Gasteiger partial charge in [-0.15, -0.1) is 0 Å². The molecule has 0 bridgehead atoms. The third kappa shape index (κ3) is 4.17. The zero-order valence-electron chi connectivity index (χ0n) is 12.6. The van der Waals surface area contributed by atoms with Gasteiger partial charge in [-0.3, -0.25) is 0 Å². The van der Waals surface area contributed by atoms with Gasteiger partial charge in [-0.2, -0.15) is 0 Å². The highest BCUT2D eigenvalue weighted by Gasteiger charge is 2.26. The maximum Gasteiger partial charge on any atom is 0.0109 e. The van der Waals surface area contributed by atoms with Gasteiger partial charge in [0.2, 0.25) is 0 Å². The molecule has 19 heavy (non-hydrogen) atoms. The predicted octanol–water partition coefficient (Wildman–Crippen LogP) is 1.93. The lowest BCUT2D eigenvalue weighted by Crippen LogP contribution is -2.37. The molecular weight excluding hydrogens is 234 g/mol. The summed E-state index contributed by atoms with van der Waals surface area (Å²) in [6, 6.07) is 1.76. The molecule has 1 atom stereocenters. The fourth-order valence-electron chi connectivity index (χ4n) is 3.73. The van der Waals surface area contributed by atoms with Crippen molar-refractivity contribution in [2.75, 3.05) is 39.8 Å². The van der Waals surface area contributed by atoms with Crippen LogP contribution in [0.3, 0.4) is 0 Å². The highest BCUT2D eigenvalue weighted by molar-refractivity contribution is 4.85. The third-order valence-electron chi connectivity index (χ3n) is 5.36. The predicted molar refractivity (Wildman–Crippen MR) is 80.5 cm³/mol.